The number of halogens is 1. The average Bonchev–Trinajstić information content (AvgIpc) is 2.92. The zero-order valence-corrected chi connectivity index (χ0v) is 12.1. The quantitative estimate of drug-likeness (QED) is 0.805. The van der Waals surface area contributed by atoms with Gasteiger partial charge < -0.3 is 5.73 Å². The van der Waals surface area contributed by atoms with E-state index in [4.69, 9.17) is 11.6 Å². The Labute approximate surface area is 119 Å². The molecule has 2 aromatic heterocycles. The maximum absolute atomic E-state index is 5.89. The minimum absolute atomic E-state index is 0.721. The molecule has 3 aromatic rings. The number of nitrogens with zero attached hydrogens (tertiary/aromatic N) is 3. The van der Waals surface area contributed by atoms with Crippen molar-refractivity contribution in [3.8, 4) is 11.4 Å². The van der Waals surface area contributed by atoms with E-state index < -0.39 is 0 Å². The van der Waals surface area contributed by atoms with Crippen molar-refractivity contribution in [1.29, 1.82) is 0 Å². The smallest absolute Gasteiger partial charge is 0.212 e. The number of hydrogen-bond acceptors (Lipinski definition) is 3. The standard InChI is InChI=1S/C13H13ClN4S/c1-8-11(6-7-15)19-13-16-12(17-18(8)13)9-2-4-10(14)5-3-9/h2-5H,6-7,15H2,1H3/p+1. The second kappa shape index (κ2) is 4.92. The summed E-state index contributed by atoms with van der Waals surface area (Å²) in [5, 5.41) is 5.29. The summed E-state index contributed by atoms with van der Waals surface area (Å²) in [5.74, 6) is 0.743. The molecule has 0 bridgehead atoms. The summed E-state index contributed by atoms with van der Waals surface area (Å²) in [7, 11) is 0. The second-order valence-corrected chi connectivity index (χ2v) is 5.85. The van der Waals surface area contributed by atoms with Crippen LogP contribution in [0, 0.1) is 6.92 Å². The number of aryl methyl sites for hydroxylation is 1. The van der Waals surface area contributed by atoms with Crippen LogP contribution in [0.25, 0.3) is 16.3 Å². The predicted molar refractivity (Wildman–Crippen MR) is 77.5 cm³/mol. The van der Waals surface area contributed by atoms with E-state index in [0.717, 1.165) is 40.0 Å². The lowest BCUT2D eigenvalue weighted by Gasteiger charge is -1.96. The molecule has 19 heavy (non-hydrogen) atoms. The SMILES string of the molecule is Cc1c(CC[NH3+])sc2nc(-c3ccc(Cl)cc3)nn12. The molecule has 0 amide bonds. The van der Waals surface area contributed by atoms with Crippen molar-refractivity contribution < 1.29 is 5.73 Å². The molecule has 6 heteroatoms. The molecule has 0 fully saturated rings. The first-order valence-electron chi connectivity index (χ1n) is 6.09. The first kappa shape index (κ1) is 12.6. The third kappa shape index (κ3) is 2.25. The van der Waals surface area contributed by atoms with Gasteiger partial charge in [0.25, 0.3) is 0 Å². The lowest BCUT2D eigenvalue weighted by atomic mass is 10.2. The normalized spacial score (nSPS) is 11.3. The molecule has 0 saturated carbocycles. The van der Waals surface area contributed by atoms with Crippen molar-refractivity contribution in [3.05, 3.63) is 39.9 Å². The molecule has 1 aromatic carbocycles. The van der Waals surface area contributed by atoms with Gasteiger partial charge in [-0.05, 0) is 31.2 Å². The van der Waals surface area contributed by atoms with Crippen LogP contribution in [0.5, 0.6) is 0 Å². The third-order valence-electron chi connectivity index (χ3n) is 3.02. The van der Waals surface area contributed by atoms with Crippen molar-refractivity contribution in [1.82, 2.24) is 14.6 Å². The van der Waals surface area contributed by atoms with E-state index in [0.29, 0.717) is 0 Å². The topological polar surface area (TPSA) is 57.8 Å². The number of thiazole rings is 1. The first-order valence-corrected chi connectivity index (χ1v) is 7.28. The highest BCUT2D eigenvalue weighted by Crippen LogP contribution is 2.25. The number of fused-ring (bicyclic) bond motifs is 1. The van der Waals surface area contributed by atoms with Crippen LogP contribution in [-0.4, -0.2) is 21.1 Å². The molecule has 2 heterocycles. The number of aromatic nitrogens is 3. The molecular formula is C13H14ClN4S+. The largest absolute Gasteiger partial charge is 0.357 e. The Bertz CT molecular complexity index is 714. The van der Waals surface area contributed by atoms with Crippen LogP contribution in [-0.2, 0) is 6.42 Å². The predicted octanol–water partition coefficient (Wildman–Crippen LogP) is 2.20. The van der Waals surface area contributed by atoms with E-state index in [1.165, 1.54) is 4.88 Å². The molecular weight excluding hydrogens is 280 g/mol. The van der Waals surface area contributed by atoms with Crippen molar-refractivity contribution in [2.45, 2.75) is 13.3 Å². The van der Waals surface area contributed by atoms with Gasteiger partial charge in [0.2, 0.25) is 4.96 Å². The minimum atomic E-state index is 0.721. The number of quaternary nitrogens is 1. The fourth-order valence-electron chi connectivity index (χ4n) is 2.00. The molecule has 0 aliphatic rings. The molecule has 0 saturated heterocycles. The van der Waals surface area contributed by atoms with Crippen LogP contribution in [0.3, 0.4) is 0 Å². The van der Waals surface area contributed by atoms with Gasteiger partial charge in [0, 0.05) is 21.9 Å². The molecule has 0 spiro atoms. The van der Waals surface area contributed by atoms with Gasteiger partial charge in [-0.2, -0.15) is 4.98 Å². The van der Waals surface area contributed by atoms with E-state index >= 15 is 0 Å². The molecule has 0 atom stereocenters. The maximum atomic E-state index is 5.89. The molecule has 4 nitrogen and oxygen atoms in total. The van der Waals surface area contributed by atoms with Gasteiger partial charge in [0.05, 0.1) is 12.2 Å². The van der Waals surface area contributed by atoms with E-state index in [9.17, 15) is 0 Å². The van der Waals surface area contributed by atoms with Gasteiger partial charge in [-0.3, -0.25) is 0 Å². The third-order valence-corrected chi connectivity index (χ3v) is 4.46. The second-order valence-electron chi connectivity index (χ2n) is 4.35. The van der Waals surface area contributed by atoms with Gasteiger partial charge in [-0.25, -0.2) is 4.52 Å². The monoisotopic (exact) mass is 293 g/mol. The Morgan fingerprint density at radius 2 is 2.05 bits per heavy atom. The van der Waals surface area contributed by atoms with Crippen molar-refractivity contribution >= 4 is 27.9 Å². The molecule has 0 unspecified atom stereocenters. The zero-order chi connectivity index (χ0) is 13.4. The van der Waals surface area contributed by atoms with Gasteiger partial charge >= 0.3 is 0 Å². The van der Waals surface area contributed by atoms with Crippen LogP contribution in [0.1, 0.15) is 10.6 Å². The van der Waals surface area contributed by atoms with Gasteiger partial charge in [-0.15, -0.1) is 5.10 Å². The van der Waals surface area contributed by atoms with Gasteiger partial charge in [-0.1, -0.05) is 22.9 Å². The van der Waals surface area contributed by atoms with Crippen LogP contribution in [0.4, 0.5) is 0 Å². The highest BCUT2D eigenvalue weighted by molar-refractivity contribution is 7.17. The van der Waals surface area contributed by atoms with Crippen molar-refractivity contribution in [3.63, 3.8) is 0 Å². The summed E-state index contributed by atoms with van der Waals surface area (Å²) in [6.45, 7) is 2.98. The highest BCUT2D eigenvalue weighted by Gasteiger charge is 2.13. The molecule has 0 aliphatic carbocycles. The fraction of sp³-hybridized carbons (Fsp3) is 0.231. The molecule has 3 N–H and O–H groups in total. The summed E-state index contributed by atoms with van der Waals surface area (Å²) < 4.78 is 1.92. The molecule has 0 radical (unpaired) electrons. The molecule has 98 valence electrons. The lowest BCUT2D eigenvalue weighted by molar-refractivity contribution is -0.366. The highest BCUT2D eigenvalue weighted by atomic mass is 35.5. The molecule has 3 rings (SSSR count). The Morgan fingerprint density at radius 3 is 2.68 bits per heavy atom. The summed E-state index contributed by atoms with van der Waals surface area (Å²) in [4.78, 5) is 6.83. The van der Waals surface area contributed by atoms with Gasteiger partial charge in [0.15, 0.2) is 5.82 Å². The Kier molecular flexibility index (Phi) is 3.26. The zero-order valence-electron chi connectivity index (χ0n) is 10.6. The summed E-state index contributed by atoms with van der Waals surface area (Å²) in [6, 6.07) is 7.59. The Balaban J connectivity index is 2.05. The average molecular weight is 294 g/mol. The van der Waals surface area contributed by atoms with E-state index in [1.807, 2.05) is 28.8 Å². The molecule has 0 aliphatic heterocycles. The van der Waals surface area contributed by atoms with Crippen molar-refractivity contribution in [2.24, 2.45) is 0 Å². The Morgan fingerprint density at radius 1 is 1.32 bits per heavy atom. The lowest BCUT2D eigenvalue weighted by Crippen LogP contribution is -2.51. The number of hydrogen-bond donors (Lipinski definition) is 1. The van der Waals surface area contributed by atoms with Crippen LogP contribution >= 0.6 is 22.9 Å². The van der Waals surface area contributed by atoms with E-state index in [2.05, 4.69) is 22.7 Å². The van der Waals surface area contributed by atoms with Crippen LogP contribution < -0.4 is 5.73 Å². The Hall–Kier alpha value is -1.43. The van der Waals surface area contributed by atoms with E-state index in [1.54, 1.807) is 11.3 Å². The first-order chi connectivity index (χ1) is 9.19. The number of benzene rings is 1. The van der Waals surface area contributed by atoms with E-state index in [-0.39, 0.29) is 0 Å². The maximum Gasteiger partial charge on any atom is 0.212 e. The van der Waals surface area contributed by atoms with Crippen LogP contribution in [0.2, 0.25) is 5.02 Å². The number of rotatable bonds is 3. The summed E-state index contributed by atoms with van der Waals surface area (Å²) >= 11 is 7.58. The van der Waals surface area contributed by atoms with Crippen LogP contribution in [0.15, 0.2) is 24.3 Å². The minimum Gasteiger partial charge on any atom is -0.357 e. The van der Waals surface area contributed by atoms with Gasteiger partial charge in [0.1, 0.15) is 0 Å². The summed E-state index contributed by atoms with van der Waals surface area (Å²) in [5.41, 5.74) is 6.04. The fourth-order valence-corrected chi connectivity index (χ4v) is 3.22. The van der Waals surface area contributed by atoms with Crippen molar-refractivity contribution in [2.75, 3.05) is 6.54 Å². The summed E-state index contributed by atoms with van der Waals surface area (Å²) in [6.07, 6.45) is 0.984.